The molecule has 0 bridgehead atoms. The van der Waals surface area contributed by atoms with E-state index in [-0.39, 0.29) is 6.04 Å². The van der Waals surface area contributed by atoms with E-state index >= 15 is 0 Å². The molecule has 3 nitrogen and oxygen atoms in total. The first-order chi connectivity index (χ1) is 9.73. The van der Waals surface area contributed by atoms with Crippen LogP contribution in [0.3, 0.4) is 0 Å². The third-order valence-electron chi connectivity index (χ3n) is 3.40. The van der Waals surface area contributed by atoms with E-state index in [4.69, 9.17) is 11.6 Å². The molecule has 114 valence electrons. The van der Waals surface area contributed by atoms with Gasteiger partial charge in [0, 0.05) is 23.0 Å². The molecule has 1 unspecified atom stereocenters. The van der Waals surface area contributed by atoms with Gasteiger partial charge in [0.2, 0.25) is 10.0 Å². The van der Waals surface area contributed by atoms with Crippen molar-refractivity contribution in [1.82, 2.24) is 4.31 Å². The van der Waals surface area contributed by atoms with Crippen molar-refractivity contribution in [2.45, 2.75) is 24.8 Å². The van der Waals surface area contributed by atoms with Gasteiger partial charge in [0.05, 0.1) is 8.68 Å². The van der Waals surface area contributed by atoms with Gasteiger partial charge in [-0.2, -0.15) is 4.31 Å². The van der Waals surface area contributed by atoms with E-state index in [2.05, 4.69) is 15.9 Å². The van der Waals surface area contributed by atoms with Crippen LogP contribution in [0.1, 0.15) is 23.4 Å². The Morgan fingerprint density at radius 3 is 2.33 bits per heavy atom. The van der Waals surface area contributed by atoms with Gasteiger partial charge in [-0.3, -0.25) is 0 Å². The Morgan fingerprint density at radius 2 is 1.86 bits per heavy atom. The molecule has 1 aromatic carbocycles. The molecule has 0 aliphatic heterocycles. The van der Waals surface area contributed by atoms with Crippen molar-refractivity contribution in [3.63, 3.8) is 0 Å². The van der Waals surface area contributed by atoms with Gasteiger partial charge < -0.3 is 0 Å². The van der Waals surface area contributed by atoms with Gasteiger partial charge in [-0.25, -0.2) is 8.42 Å². The van der Waals surface area contributed by atoms with Gasteiger partial charge >= 0.3 is 0 Å². The van der Waals surface area contributed by atoms with Crippen LogP contribution < -0.4 is 0 Å². The highest BCUT2D eigenvalue weighted by atomic mass is 79.9. The maximum Gasteiger partial charge on any atom is 0.244 e. The minimum Gasteiger partial charge on any atom is -0.207 e. The average Bonchev–Trinajstić information content (AvgIpc) is 2.77. The highest BCUT2D eigenvalue weighted by molar-refractivity contribution is 9.11. The fourth-order valence-electron chi connectivity index (χ4n) is 2.00. The van der Waals surface area contributed by atoms with Crippen LogP contribution >= 0.6 is 38.9 Å². The van der Waals surface area contributed by atoms with E-state index in [0.717, 1.165) is 14.2 Å². The van der Waals surface area contributed by atoms with E-state index in [0.29, 0.717) is 9.92 Å². The van der Waals surface area contributed by atoms with Crippen molar-refractivity contribution in [1.29, 1.82) is 0 Å². The first-order valence-electron chi connectivity index (χ1n) is 6.23. The topological polar surface area (TPSA) is 37.4 Å². The Bertz CT molecular complexity index is 741. The van der Waals surface area contributed by atoms with Crippen LogP contribution in [0.2, 0.25) is 5.02 Å². The summed E-state index contributed by atoms with van der Waals surface area (Å²) in [4.78, 5) is 1.12. The minimum absolute atomic E-state index is 0.273. The van der Waals surface area contributed by atoms with Gasteiger partial charge in [0.25, 0.3) is 0 Å². The number of aryl methyl sites for hydroxylation is 1. The number of hydrogen-bond donors (Lipinski definition) is 0. The maximum atomic E-state index is 12.7. The number of halogens is 2. The molecule has 2 rings (SSSR count). The number of hydrogen-bond acceptors (Lipinski definition) is 3. The monoisotopic (exact) mass is 407 g/mol. The highest BCUT2D eigenvalue weighted by Gasteiger charge is 2.28. The second-order valence-electron chi connectivity index (χ2n) is 4.72. The smallest absolute Gasteiger partial charge is 0.207 e. The van der Waals surface area contributed by atoms with E-state index < -0.39 is 10.0 Å². The largest absolute Gasteiger partial charge is 0.244 e. The second kappa shape index (κ2) is 6.38. The predicted octanol–water partition coefficient (Wildman–Crippen LogP) is 4.85. The van der Waals surface area contributed by atoms with Gasteiger partial charge in [0.1, 0.15) is 0 Å². The lowest BCUT2D eigenvalue weighted by Crippen LogP contribution is -2.29. The summed E-state index contributed by atoms with van der Waals surface area (Å²) < 4.78 is 27.7. The highest BCUT2D eigenvalue weighted by Crippen LogP contribution is 2.34. The standard InChI is InChI=1S/C14H15BrClNO2S2/c1-9(11-4-6-12(16)7-5-11)17(3)21(18,19)13-8-14(15)20-10(13)2/h4-9H,1-3H3. The fourth-order valence-corrected chi connectivity index (χ4v) is 5.86. The van der Waals surface area contributed by atoms with Crippen molar-refractivity contribution >= 4 is 48.9 Å². The van der Waals surface area contributed by atoms with Gasteiger partial charge in [-0.15, -0.1) is 11.3 Å². The number of sulfonamides is 1. The molecule has 0 aliphatic carbocycles. The van der Waals surface area contributed by atoms with Crippen molar-refractivity contribution < 1.29 is 8.42 Å². The quantitative estimate of drug-likeness (QED) is 0.725. The van der Waals surface area contributed by atoms with Gasteiger partial charge in [-0.05, 0) is 53.5 Å². The Morgan fingerprint density at radius 1 is 1.29 bits per heavy atom. The van der Waals surface area contributed by atoms with Gasteiger partial charge in [-0.1, -0.05) is 23.7 Å². The molecule has 0 spiro atoms. The summed E-state index contributed by atoms with van der Waals surface area (Å²) in [5.41, 5.74) is 0.900. The van der Waals surface area contributed by atoms with Crippen molar-refractivity contribution in [2.75, 3.05) is 7.05 Å². The third-order valence-corrected chi connectivity index (χ3v) is 7.39. The number of benzene rings is 1. The zero-order chi connectivity index (χ0) is 15.8. The number of nitrogens with zero attached hydrogens (tertiary/aromatic N) is 1. The van der Waals surface area contributed by atoms with Crippen LogP contribution in [-0.4, -0.2) is 19.8 Å². The van der Waals surface area contributed by atoms with E-state index in [1.54, 1.807) is 25.2 Å². The lowest BCUT2D eigenvalue weighted by Gasteiger charge is -2.24. The zero-order valence-corrected chi connectivity index (χ0v) is 15.8. The molecule has 0 fully saturated rings. The molecule has 0 aliphatic rings. The van der Waals surface area contributed by atoms with Crippen LogP contribution in [-0.2, 0) is 10.0 Å². The summed E-state index contributed by atoms with van der Waals surface area (Å²) in [5, 5.41) is 0.633. The molecule has 1 atom stereocenters. The fraction of sp³-hybridized carbons (Fsp3) is 0.286. The average molecular weight is 409 g/mol. The van der Waals surface area contributed by atoms with E-state index in [9.17, 15) is 8.42 Å². The molecular formula is C14H15BrClNO2S2. The molecule has 0 amide bonds. The molecule has 2 aromatic rings. The van der Waals surface area contributed by atoms with Crippen molar-refractivity contribution in [3.05, 3.63) is 49.6 Å². The molecule has 0 saturated heterocycles. The normalized spacial score (nSPS) is 13.6. The Balaban J connectivity index is 2.36. The molecular weight excluding hydrogens is 394 g/mol. The zero-order valence-electron chi connectivity index (χ0n) is 11.8. The molecule has 1 aromatic heterocycles. The second-order valence-corrected chi connectivity index (χ2v) is 9.76. The van der Waals surface area contributed by atoms with Crippen LogP contribution in [0, 0.1) is 6.92 Å². The summed E-state index contributed by atoms with van der Waals surface area (Å²) in [6.45, 7) is 3.67. The first-order valence-corrected chi connectivity index (χ1v) is 9.65. The Labute approximate surface area is 142 Å². The van der Waals surface area contributed by atoms with E-state index in [1.807, 2.05) is 26.0 Å². The van der Waals surface area contributed by atoms with Crippen molar-refractivity contribution in [2.24, 2.45) is 0 Å². The van der Waals surface area contributed by atoms with Crippen LogP contribution in [0.15, 0.2) is 39.0 Å². The molecule has 0 N–H and O–H groups in total. The lowest BCUT2D eigenvalue weighted by atomic mass is 10.1. The maximum absolute atomic E-state index is 12.7. The lowest BCUT2D eigenvalue weighted by molar-refractivity contribution is 0.398. The predicted molar refractivity (Wildman–Crippen MR) is 91.6 cm³/mol. The molecule has 0 radical (unpaired) electrons. The van der Waals surface area contributed by atoms with Gasteiger partial charge in [0.15, 0.2) is 0 Å². The van der Waals surface area contributed by atoms with E-state index in [1.165, 1.54) is 15.6 Å². The number of rotatable bonds is 4. The Kier molecular flexibility index (Phi) is 5.15. The Hall–Kier alpha value is -0.400. The molecule has 0 saturated carbocycles. The van der Waals surface area contributed by atoms with Crippen molar-refractivity contribution in [3.8, 4) is 0 Å². The summed E-state index contributed by atoms with van der Waals surface area (Å²) in [5.74, 6) is 0. The summed E-state index contributed by atoms with van der Waals surface area (Å²) in [6.07, 6.45) is 0. The van der Waals surface area contributed by atoms with Crippen LogP contribution in [0.4, 0.5) is 0 Å². The molecule has 21 heavy (non-hydrogen) atoms. The molecule has 1 heterocycles. The van der Waals surface area contributed by atoms with Crippen LogP contribution in [0.5, 0.6) is 0 Å². The molecule has 7 heteroatoms. The summed E-state index contributed by atoms with van der Waals surface area (Å²) in [6, 6.07) is 8.59. The third kappa shape index (κ3) is 3.51. The minimum atomic E-state index is -3.53. The summed E-state index contributed by atoms with van der Waals surface area (Å²) >= 11 is 10.6. The van der Waals surface area contributed by atoms with Crippen LogP contribution in [0.25, 0.3) is 0 Å². The SMILES string of the molecule is Cc1sc(Br)cc1S(=O)(=O)N(C)C(C)c1ccc(Cl)cc1. The first kappa shape index (κ1) is 17.0. The number of thiophene rings is 1. The summed E-state index contributed by atoms with van der Waals surface area (Å²) in [7, 11) is -1.93.